The predicted molar refractivity (Wildman–Crippen MR) is 90.5 cm³/mol. The van der Waals surface area contributed by atoms with Gasteiger partial charge in [-0.15, -0.1) is 24.0 Å². The molecular formula is C15H19IN3+. The fourth-order valence-corrected chi connectivity index (χ4v) is 1.60. The molecule has 0 unspecified atom stereocenters. The summed E-state index contributed by atoms with van der Waals surface area (Å²) in [5.41, 5.74) is 3.34. The van der Waals surface area contributed by atoms with Crippen LogP contribution < -0.4 is 9.47 Å². The van der Waals surface area contributed by atoms with Crippen LogP contribution in [0.4, 0.5) is 5.69 Å². The lowest BCUT2D eigenvalue weighted by Gasteiger charge is -2.11. The van der Waals surface area contributed by atoms with E-state index in [2.05, 4.69) is 40.2 Å². The predicted octanol–water partition coefficient (Wildman–Crippen LogP) is 2.76. The molecule has 0 N–H and O–H groups in total. The van der Waals surface area contributed by atoms with Crippen LogP contribution in [0.15, 0.2) is 42.9 Å². The maximum absolute atomic E-state index is 4.31. The lowest BCUT2D eigenvalue weighted by atomic mass is 10.2. The first kappa shape index (κ1) is 15.6. The van der Waals surface area contributed by atoms with Crippen LogP contribution in [0.25, 0.3) is 12.2 Å². The van der Waals surface area contributed by atoms with Crippen LogP contribution in [0.1, 0.15) is 11.3 Å². The average molecular weight is 368 g/mol. The summed E-state index contributed by atoms with van der Waals surface area (Å²) in [5, 5.41) is 0. The first-order valence-corrected chi connectivity index (χ1v) is 5.92. The Balaban J connectivity index is 0.00000180. The highest BCUT2D eigenvalue weighted by Gasteiger charge is 1.97. The normalized spacial score (nSPS) is 10.3. The Kier molecular flexibility index (Phi) is 5.95. The van der Waals surface area contributed by atoms with Gasteiger partial charge in [-0.05, 0) is 28.8 Å². The van der Waals surface area contributed by atoms with Crippen molar-refractivity contribution in [1.29, 1.82) is 0 Å². The summed E-state index contributed by atoms with van der Waals surface area (Å²) < 4.78 is 1.92. The van der Waals surface area contributed by atoms with Crippen LogP contribution in [0.5, 0.6) is 0 Å². The molecule has 0 atom stereocenters. The molecule has 0 spiro atoms. The van der Waals surface area contributed by atoms with Gasteiger partial charge in [0.1, 0.15) is 0 Å². The van der Waals surface area contributed by atoms with E-state index in [-0.39, 0.29) is 24.0 Å². The zero-order valence-electron chi connectivity index (χ0n) is 11.4. The SMILES string of the molecule is CN(C)c1ccc(/C=C/c2cc[n+](C)cn2)cc1.I. The zero-order chi connectivity index (χ0) is 13.0. The maximum atomic E-state index is 4.31. The van der Waals surface area contributed by atoms with Crippen molar-refractivity contribution in [2.45, 2.75) is 0 Å². The van der Waals surface area contributed by atoms with Crippen molar-refractivity contribution >= 4 is 41.8 Å². The molecule has 3 nitrogen and oxygen atoms in total. The number of rotatable bonds is 3. The molecule has 2 rings (SSSR count). The van der Waals surface area contributed by atoms with E-state index >= 15 is 0 Å². The lowest BCUT2D eigenvalue weighted by molar-refractivity contribution is -0.674. The molecule has 0 amide bonds. The number of nitrogens with zero attached hydrogens (tertiary/aromatic N) is 3. The zero-order valence-corrected chi connectivity index (χ0v) is 13.8. The van der Waals surface area contributed by atoms with Crippen molar-refractivity contribution in [1.82, 2.24) is 4.98 Å². The summed E-state index contributed by atoms with van der Waals surface area (Å²) in [5.74, 6) is 0. The largest absolute Gasteiger partial charge is 0.378 e. The monoisotopic (exact) mass is 368 g/mol. The first-order valence-electron chi connectivity index (χ1n) is 5.92. The minimum Gasteiger partial charge on any atom is -0.378 e. The molecule has 0 aliphatic carbocycles. The van der Waals surface area contributed by atoms with Gasteiger partial charge < -0.3 is 4.90 Å². The minimum absolute atomic E-state index is 0. The van der Waals surface area contributed by atoms with Crippen LogP contribution in [0, 0.1) is 0 Å². The van der Waals surface area contributed by atoms with Gasteiger partial charge in [0.2, 0.25) is 0 Å². The highest BCUT2D eigenvalue weighted by Crippen LogP contribution is 2.13. The van der Waals surface area contributed by atoms with Gasteiger partial charge in [-0.1, -0.05) is 18.2 Å². The minimum atomic E-state index is 0. The van der Waals surface area contributed by atoms with Crippen LogP contribution >= 0.6 is 24.0 Å². The molecule has 2 aromatic rings. The number of aryl methyl sites for hydroxylation is 1. The van der Waals surface area contributed by atoms with Gasteiger partial charge >= 0.3 is 0 Å². The molecule has 1 heterocycles. The Bertz CT molecular complexity index is 530. The summed E-state index contributed by atoms with van der Waals surface area (Å²) in [6.07, 6.45) is 7.88. The first-order chi connectivity index (χ1) is 8.65. The number of benzene rings is 1. The van der Waals surface area contributed by atoms with E-state index < -0.39 is 0 Å². The summed E-state index contributed by atoms with van der Waals surface area (Å²) in [6, 6.07) is 10.4. The van der Waals surface area contributed by atoms with Crippen LogP contribution in [0.2, 0.25) is 0 Å². The van der Waals surface area contributed by atoms with Crippen molar-refractivity contribution in [3.63, 3.8) is 0 Å². The summed E-state index contributed by atoms with van der Waals surface area (Å²) in [7, 11) is 6.04. The second kappa shape index (κ2) is 7.23. The van der Waals surface area contributed by atoms with Gasteiger partial charge in [0.05, 0.1) is 13.2 Å². The average Bonchev–Trinajstić information content (AvgIpc) is 2.38. The maximum Gasteiger partial charge on any atom is 0.286 e. The van der Waals surface area contributed by atoms with E-state index in [1.165, 1.54) is 11.3 Å². The highest BCUT2D eigenvalue weighted by molar-refractivity contribution is 14.0. The van der Waals surface area contributed by atoms with E-state index in [9.17, 15) is 0 Å². The molecule has 0 radical (unpaired) electrons. The molecule has 0 bridgehead atoms. The van der Waals surface area contributed by atoms with Crippen LogP contribution in [-0.4, -0.2) is 19.1 Å². The molecule has 0 aliphatic heterocycles. The van der Waals surface area contributed by atoms with Crippen molar-refractivity contribution in [2.24, 2.45) is 7.05 Å². The summed E-state index contributed by atoms with van der Waals surface area (Å²) >= 11 is 0. The van der Waals surface area contributed by atoms with E-state index in [0.717, 1.165) is 5.69 Å². The van der Waals surface area contributed by atoms with E-state index in [4.69, 9.17) is 0 Å². The van der Waals surface area contributed by atoms with E-state index in [1.54, 1.807) is 6.33 Å². The van der Waals surface area contributed by atoms with Gasteiger partial charge in [-0.2, -0.15) is 0 Å². The molecule has 100 valence electrons. The molecule has 1 aromatic carbocycles. The Morgan fingerprint density at radius 3 is 2.26 bits per heavy atom. The standard InChI is InChI=1S/C15H18N3.HI/c1-17(2)15-8-5-13(6-9-15)4-7-14-10-11-18(3)12-16-14;/h4-12H,1-3H3;1H/q+1;. The third kappa shape index (κ3) is 4.63. The quantitative estimate of drug-likeness (QED) is 0.613. The van der Waals surface area contributed by atoms with Gasteiger partial charge in [0.25, 0.3) is 6.33 Å². The van der Waals surface area contributed by atoms with Crippen molar-refractivity contribution in [2.75, 3.05) is 19.0 Å². The van der Waals surface area contributed by atoms with Gasteiger partial charge in [0, 0.05) is 25.8 Å². The van der Waals surface area contributed by atoms with E-state index in [0.29, 0.717) is 0 Å². The number of hydrogen-bond donors (Lipinski definition) is 0. The topological polar surface area (TPSA) is 20.0 Å². The molecule has 19 heavy (non-hydrogen) atoms. The van der Waals surface area contributed by atoms with Gasteiger partial charge in [-0.25, -0.2) is 4.57 Å². The third-order valence-electron chi connectivity index (χ3n) is 2.73. The number of anilines is 1. The van der Waals surface area contributed by atoms with Gasteiger partial charge in [-0.3, -0.25) is 0 Å². The summed E-state index contributed by atoms with van der Waals surface area (Å²) in [6.45, 7) is 0. The highest BCUT2D eigenvalue weighted by atomic mass is 127. The lowest BCUT2D eigenvalue weighted by Crippen LogP contribution is -2.27. The second-order valence-corrected chi connectivity index (χ2v) is 4.47. The Hall–Kier alpha value is -1.43. The van der Waals surface area contributed by atoms with E-state index in [1.807, 2.05) is 44.0 Å². The van der Waals surface area contributed by atoms with Crippen molar-refractivity contribution < 1.29 is 4.57 Å². The Morgan fingerprint density at radius 2 is 1.74 bits per heavy atom. The van der Waals surface area contributed by atoms with Crippen molar-refractivity contribution in [3.05, 3.63) is 54.1 Å². The molecule has 1 aromatic heterocycles. The molecule has 0 saturated heterocycles. The Morgan fingerprint density at radius 1 is 1.05 bits per heavy atom. The molecule has 4 heteroatoms. The third-order valence-corrected chi connectivity index (χ3v) is 2.73. The Labute approximate surface area is 131 Å². The molecular weight excluding hydrogens is 349 g/mol. The second-order valence-electron chi connectivity index (χ2n) is 4.47. The molecule has 0 fully saturated rings. The summed E-state index contributed by atoms with van der Waals surface area (Å²) in [4.78, 5) is 6.40. The fourth-order valence-electron chi connectivity index (χ4n) is 1.60. The van der Waals surface area contributed by atoms with Crippen LogP contribution in [-0.2, 0) is 7.05 Å². The fraction of sp³-hybridized carbons (Fsp3) is 0.200. The number of hydrogen-bond acceptors (Lipinski definition) is 2. The number of aromatic nitrogens is 2. The van der Waals surface area contributed by atoms with Gasteiger partial charge in [0.15, 0.2) is 5.69 Å². The van der Waals surface area contributed by atoms with Crippen LogP contribution in [0.3, 0.4) is 0 Å². The molecule has 0 saturated carbocycles. The van der Waals surface area contributed by atoms with Crippen molar-refractivity contribution in [3.8, 4) is 0 Å². The molecule has 0 aliphatic rings. The smallest absolute Gasteiger partial charge is 0.286 e. The number of halogens is 1.